The first kappa shape index (κ1) is 13.1. The molecular formula is C15H20IN. The molecule has 1 aromatic rings. The second-order valence-corrected chi connectivity index (χ2v) is 6.45. The lowest BCUT2D eigenvalue weighted by Crippen LogP contribution is -2.35. The minimum absolute atomic E-state index is 0.871. The van der Waals surface area contributed by atoms with Gasteiger partial charge in [-0.25, -0.2) is 0 Å². The smallest absolute Gasteiger partial charge is 0.0285 e. The van der Waals surface area contributed by atoms with E-state index in [1.807, 2.05) is 0 Å². The van der Waals surface area contributed by atoms with Gasteiger partial charge < -0.3 is 0 Å². The Morgan fingerprint density at radius 1 is 1.24 bits per heavy atom. The molecule has 1 heterocycles. The molecule has 1 aliphatic heterocycles. The van der Waals surface area contributed by atoms with E-state index in [4.69, 9.17) is 0 Å². The predicted octanol–water partition coefficient (Wildman–Crippen LogP) is 3.89. The molecule has 0 atom stereocenters. The van der Waals surface area contributed by atoms with E-state index in [0.717, 1.165) is 12.5 Å². The second kappa shape index (κ2) is 6.55. The van der Waals surface area contributed by atoms with Crippen molar-refractivity contribution in [2.24, 2.45) is 5.92 Å². The minimum atomic E-state index is 0.871. The molecular weight excluding hydrogens is 321 g/mol. The zero-order valence-corrected chi connectivity index (χ0v) is 12.4. The number of hydrogen-bond acceptors (Lipinski definition) is 1. The van der Waals surface area contributed by atoms with Gasteiger partial charge in [-0.05, 0) is 70.0 Å². The van der Waals surface area contributed by atoms with Crippen LogP contribution in [0.1, 0.15) is 18.4 Å². The van der Waals surface area contributed by atoms with E-state index in [1.54, 1.807) is 0 Å². The van der Waals surface area contributed by atoms with Crippen LogP contribution in [0.2, 0.25) is 0 Å². The monoisotopic (exact) mass is 341 g/mol. The minimum Gasteiger partial charge on any atom is -0.299 e. The first-order valence-corrected chi connectivity index (χ1v) is 7.41. The quantitative estimate of drug-likeness (QED) is 0.751. The Morgan fingerprint density at radius 3 is 2.47 bits per heavy atom. The van der Waals surface area contributed by atoms with Crippen molar-refractivity contribution in [3.63, 3.8) is 0 Å². The molecule has 1 aliphatic rings. The van der Waals surface area contributed by atoms with Crippen LogP contribution in [-0.2, 0) is 6.42 Å². The predicted molar refractivity (Wildman–Crippen MR) is 82.5 cm³/mol. The van der Waals surface area contributed by atoms with Crippen LogP contribution in [0.4, 0.5) is 0 Å². The highest BCUT2D eigenvalue weighted by Gasteiger charge is 2.19. The summed E-state index contributed by atoms with van der Waals surface area (Å²) in [6.45, 7) is 7.52. The third-order valence-corrected chi connectivity index (χ3v) is 3.81. The van der Waals surface area contributed by atoms with E-state index in [-0.39, 0.29) is 0 Å². The average Bonchev–Trinajstić information content (AvgIpc) is 2.32. The Labute approximate surface area is 118 Å². The number of piperidine rings is 1. The Kier molecular flexibility index (Phi) is 5.04. The highest BCUT2D eigenvalue weighted by Crippen LogP contribution is 2.22. The standard InChI is InChI=1S/C15H20IN/c1-13(16)12-17-9-7-15(8-10-17)11-14-5-3-2-4-6-14/h2-6,15H,1,7-12H2. The summed E-state index contributed by atoms with van der Waals surface area (Å²) in [5.41, 5.74) is 1.49. The van der Waals surface area contributed by atoms with Crippen LogP contribution >= 0.6 is 22.6 Å². The maximum absolute atomic E-state index is 3.98. The molecule has 0 unspecified atom stereocenters. The van der Waals surface area contributed by atoms with Gasteiger partial charge in [-0.15, -0.1) is 0 Å². The van der Waals surface area contributed by atoms with Crippen molar-refractivity contribution in [3.8, 4) is 0 Å². The zero-order valence-electron chi connectivity index (χ0n) is 10.2. The van der Waals surface area contributed by atoms with Gasteiger partial charge in [-0.2, -0.15) is 0 Å². The molecule has 0 spiro atoms. The third-order valence-electron chi connectivity index (χ3n) is 3.47. The van der Waals surface area contributed by atoms with Gasteiger partial charge in [0.1, 0.15) is 0 Å². The molecule has 0 aromatic heterocycles. The van der Waals surface area contributed by atoms with E-state index in [1.165, 1.54) is 41.5 Å². The molecule has 0 amide bonds. The summed E-state index contributed by atoms with van der Waals surface area (Å²) in [6, 6.07) is 10.9. The molecule has 2 heteroatoms. The van der Waals surface area contributed by atoms with Crippen molar-refractivity contribution >= 4 is 22.6 Å². The van der Waals surface area contributed by atoms with Gasteiger partial charge in [-0.1, -0.05) is 36.9 Å². The van der Waals surface area contributed by atoms with Crippen molar-refractivity contribution in [1.29, 1.82) is 0 Å². The molecule has 1 fully saturated rings. The van der Waals surface area contributed by atoms with Gasteiger partial charge in [0.25, 0.3) is 0 Å². The lowest BCUT2D eigenvalue weighted by atomic mass is 9.90. The Bertz CT molecular complexity index is 352. The molecule has 0 N–H and O–H groups in total. The maximum Gasteiger partial charge on any atom is 0.0285 e. The van der Waals surface area contributed by atoms with Crippen LogP contribution in [0.5, 0.6) is 0 Å². The number of rotatable bonds is 4. The lowest BCUT2D eigenvalue weighted by Gasteiger charge is -2.31. The van der Waals surface area contributed by atoms with Gasteiger partial charge >= 0.3 is 0 Å². The fourth-order valence-corrected chi connectivity index (χ4v) is 3.02. The average molecular weight is 341 g/mol. The molecule has 1 aromatic carbocycles. The van der Waals surface area contributed by atoms with Crippen LogP contribution in [0.15, 0.2) is 40.5 Å². The van der Waals surface area contributed by atoms with Crippen molar-refractivity contribution in [3.05, 3.63) is 46.1 Å². The van der Waals surface area contributed by atoms with E-state index in [2.05, 4.69) is 64.4 Å². The van der Waals surface area contributed by atoms with Crippen LogP contribution in [-0.4, -0.2) is 24.5 Å². The molecule has 0 aliphatic carbocycles. The van der Waals surface area contributed by atoms with Crippen molar-refractivity contribution in [2.75, 3.05) is 19.6 Å². The molecule has 17 heavy (non-hydrogen) atoms. The molecule has 1 saturated heterocycles. The first-order chi connectivity index (χ1) is 8.24. The molecule has 1 nitrogen and oxygen atoms in total. The summed E-state index contributed by atoms with van der Waals surface area (Å²) in [7, 11) is 0. The van der Waals surface area contributed by atoms with Gasteiger partial charge in [0.15, 0.2) is 0 Å². The van der Waals surface area contributed by atoms with Gasteiger partial charge in [-0.3, -0.25) is 4.90 Å². The van der Waals surface area contributed by atoms with Gasteiger partial charge in [0.2, 0.25) is 0 Å². The summed E-state index contributed by atoms with van der Waals surface area (Å²) in [5, 5.41) is 0. The van der Waals surface area contributed by atoms with Crippen LogP contribution < -0.4 is 0 Å². The topological polar surface area (TPSA) is 3.24 Å². The normalized spacial score (nSPS) is 18.2. The van der Waals surface area contributed by atoms with Crippen molar-refractivity contribution in [1.82, 2.24) is 4.90 Å². The third kappa shape index (κ3) is 4.43. The number of likely N-dealkylation sites (tertiary alicyclic amines) is 1. The second-order valence-electron chi connectivity index (χ2n) is 4.93. The maximum atomic E-state index is 3.98. The van der Waals surface area contributed by atoms with Crippen LogP contribution in [0, 0.1) is 5.92 Å². The molecule has 2 rings (SSSR count). The Balaban J connectivity index is 1.78. The highest BCUT2D eigenvalue weighted by molar-refractivity contribution is 14.1. The largest absolute Gasteiger partial charge is 0.299 e. The fraction of sp³-hybridized carbons (Fsp3) is 0.467. The summed E-state index contributed by atoms with van der Waals surface area (Å²) in [6.07, 6.45) is 3.91. The molecule has 0 saturated carbocycles. The summed E-state index contributed by atoms with van der Waals surface area (Å²) < 4.78 is 1.25. The molecule has 0 bridgehead atoms. The van der Waals surface area contributed by atoms with Crippen LogP contribution in [0.25, 0.3) is 0 Å². The Morgan fingerprint density at radius 2 is 1.88 bits per heavy atom. The van der Waals surface area contributed by atoms with Crippen molar-refractivity contribution < 1.29 is 0 Å². The lowest BCUT2D eigenvalue weighted by molar-refractivity contribution is 0.200. The van der Waals surface area contributed by atoms with E-state index >= 15 is 0 Å². The van der Waals surface area contributed by atoms with E-state index < -0.39 is 0 Å². The number of benzene rings is 1. The number of hydrogen-bond donors (Lipinski definition) is 0. The van der Waals surface area contributed by atoms with Gasteiger partial charge in [0, 0.05) is 6.54 Å². The summed E-state index contributed by atoms with van der Waals surface area (Å²) >= 11 is 2.33. The van der Waals surface area contributed by atoms with Crippen LogP contribution in [0.3, 0.4) is 0 Å². The van der Waals surface area contributed by atoms with E-state index in [9.17, 15) is 0 Å². The first-order valence-electron chi connectivity index (χ1n) is 6.33. The highest BCUT2D eigenvalue weighted by atomic mass is 127. The fourth-order valence-electron chi connectivity index (χ4n) is 2.54. The van der Waals surface area contributed by atoms with Crippen molar-refractivity contribution in [2.45, 2.75) is 19.3 Å². The molecule has 0 radical (unpaired) electrons. The van der Waals surface area contributed by atoms with Gasteiger partial charge in [0.05, 0.1) is 0 Å². The summed E-state index contributed by atoms with van der Waals surface area (Å²) in [5.74, 6) is 0.871. The molecule has 92 valence electrons. The summed E-state index contributed by atoms with van der Waals surface area (Å²) in [4.78, 5) is 2.52. The SMILES string of the molecule is C=C(I)CN1CCC(Cc2ccccc2)CC1. The number of nitrogens with zero attached hydrogens (tertiary/aromatic N) is 1. The van der Waals surface area contributed by atoms with E-state index in [0.29, 0.717) is 0 Å². The number of halogens is 1. The zero-order chi connectivity index (χ0) is 12.1. The Hall–Kier alpha value is -0.350.